The van der Waals surface area contributed by atoms with Gasteiger partial charge in [-0.25, -0.2) is 0 Å². The molecule has 1 aliphatic rings. The maximum atomic E-state index is 12.6. The first-order chi connectivity index (χ1) is 8.96. The van der Waals surface area contributed by atoms with E-state index in [-0.39, 0.29) is 23.1 Å². The summed E-state index contributed by atoms with van der Waals surface area (Å²) < 4.78 is 0. The number of hydrogen-bond acceptors (Lipinski definition) is 2. The van der Waals surface area contributed by atoms with Crippen LogP contribution in [0.5, 0.6) is 5.75 Å². The van der Waals surface area contributed by atoms with Crippen molar-refractivity contribution in [1.82, 2.24) is 4.90 Å². The van der Waals surface area contributed by atoms with Gasteiger partial charge < -0.3 is 10.0 Å². The average molecular weight is 261 g/mol. The summed E-state index contributed by atoms with van der Waals surface area (Å²) in [5, 5.41) is 9.90. The number of amides is 1. The molecule has 0 aliphatic heterocycles. The Bertz CT molecular complexity index is 464. The molecule has 1 saturated carbocycles. The number of phenolic OH excluding ortho intramolecular Hbond substituents is 1. The maximum absolute atomic E-state index is 12.6. The lowest BCUT2D eigenvalue weighted by molar-refractivity contribution is -0.141. The molecule has 1 amide bonds. The van der Waals surface area contributed by atoms with Gasteiger partial charge in [-0.1, -0.05) is 38.0 Å². The summed E-state index contributed by atoms with van der Waals surface area (Å²) in [6.07, 6.45) is 4.23. The fourth-order valence-electron chi connectivity index (χ4n) is 3.02. The minimum absolute atomic E-state index is 0.105. The quantitative estimate of drug-likeness (QED) is 0.904. The van der Waals surface area contributed by atoms with Crippen molar-refractivity contribution in [3.63, 3.8) is 0 Å². The van der Waals surface area contributed by atoms with E-state index in [1.165, 1.54) is 0 Å². The summed E-state index contributed by atoms with van der Waals surface area (Å²) in [5.41, 5.74) is 0.591. The number of nitrogens with zero attached hydrogens (tertiary/aromatic N) is 1. The Hall–Kier alpha value is -1.51. The van der Waals surface area contributed by atoms with Crippen molar-refractivity contribution in [2.24, 2.45) is 5.41 Å². The van der Waals surface area contributed by atoms with Crippen LogP contribution >= 0.6 is 0 Å². The van der Waals surface area contributed by atoms with Gasteiger partial charge in [0.1, 0.15) is 5.75 Å². The topological polar surface area (TPSA) is 40.5 Å². The third-order valence-electron chi connectivity index (χ3n) is 4.51. The van der Waals surface area contributed by atoms with Gasteiger partial charge in [0.05, 0.1) is 6.04 Å². The van der Waals surface area contributed by atoms with E-state index in [1.54, 1.807) is 17.0 Å². The molecule has 0 bridgehead atoms. The first-order valence-electron chi connectivity index (χ1n) is 7.01. The highest BCUT2D eigenvalue weighted by molar-refractivity contribution is 5.82. The Morgan fingerprint density at radius 1 is 1.32 bits per heavy atom. The van der Waals surface area contributed by atoms with E-state index < -0.39 is 0 Å². The zero-order valence-corrected chi connectivity index (χ0v) is 12.0. The summed E-state index contributed by atoms with van der Waals surface area (Å²) in [5.74, 6) is 0.451. The van der Waals surface area contributed by atoms with E-state index in [9.17, 15) is 9.90 Å². The first kappa shape index (κ1) is 13.9. The summed E-state index contributed by atoms with van der Waals surface area (Å²) in [4.78, 5) is 14.4. The molecule has 1 atom stereocenters. The van der Waals surface area contributed by atoms with Crippen LogP contribution in [-0.4, -0.2) is 23.0 Å². The monoisotopic (exact) mass is 261 g/mol. The van der Waals surface area contributed by atoms with Crippen LogP contribution in [0, 0.1) is 5.41 Å². The van der Waals surface area contributed by atoms with Gasteiger partial charge in [0, 0.05) is 18.0 Å². The van der Waals surface area contributed by atoms with Gasteiger partial charge >= 0.3 is 0 Å². The van der Waals surface area contributed by atoms with Crippen molar-refractivity contribution in [1.29, 1.82) is 0 Å². The number of carbonyl (C=O) groups is 1. The van der Waals surface area contributed by atoms with Crippen LogP contribution in [-0.2, 0) is 4.79 Å². The number of carbonyl (C=O) groups excluding carboxylic acids is 1. The Morgan fingerprint density at radius 2 is 1.89 bits per heavy atom. The van der Waals surface area contributed by atoms with Gasteiger partial charge in [0.25, 0.3) is 0 Å². The SMILES string of the molecule is CC(c1ccccc1O)N(C)C(=O)C1(C)CCCC1. The molecule has 1 aromatic rings. The number of phenols is 1. The lowest BCUT2D eigenvalue weighted by atomic mass is 9.86. The van der Waals surface area contributed by atoms with Gasteiger partial charge in [-0.05, 0) is 25.8 Å². The normalized spacial score (nSPS) is 19.1. The molecule has 3 nitrogen and oxygen atoms in total. The molecular weight excluding hydrogens is 238 g/mol. The molecule has 104 valence electrons. The van der Waals surface area contributed by atoms with Crippen LogP contribution in [0.3, 0.4) is 0 Å². The molecule has 1 aromatic carbocycles. The van der Waals surface area contributed by atoms with Crippen molar-refractivity contribution < 1.29 is 9.90 Å². The van der Waals surface area contributed by atoms with E-state index in [0.29, 0.717) is 0 Å². The fraction of sp³-hybridized carbons (Fsp3) is 0.562. The van der Waals surface area contributed by atoms with Crippen LogP contribution in [0.25, 0.3) is 0 Å². The number of hydrogen-bond donors (Lipinski definition) is 1. The lowest BCUT2D eigenvalue weighted by Gasteiger charge is -2.33. The highest BCUT2D eigenvalue weighted by Gasteiger charge is 2.39. The number of aromatic hydroxyl groups is 1. The van der Waals surface area contributed by atoms with E-state index in [2.05, 4.69) is 6.92 Å². The third kappa shape index (κ3) is 2.60. The molecule has 19 heavy (non-hydrogen) atoms. The molecule has 1 unspecified atom stereocenters. The van der Waals surface area contributed by atoms with Crippen LogP contribution in [0.2, 0.25) is 0 Å². The Labute approximate surface area is 115 Å². The van der Waals surface area contributed by atoms with E-state index in [1.807, 2.05) is 26.1 Å². The molecule has 1 N–H and O–H groups in total. The minimum Gasteiger partial charge on any atom is -0.508 e. The Balaban J connectivity index is 2.17. The second-order valence-electron chi connectivity index (χ2n) is 5.92. The number of benzene rings is 1. The van der Waals surface area contributed by atoms with Crippen molar-refractivity contribution in [3.05, 3.63) is 29.8 Å². The Morgan fingerprint density at radius 3 is 2.47 bits per heavy atom. The minimum atomic E-state index is -0.215. The van der Waals surface area contributed by atoms with Crippen LogP contribution in [0.4, 0.5) is 0 Å². The second kappa shape index (κ2) is 5.24. The van der Waals surface area contributed by atoms with E-state index >= 15 is 0 Å². The molecule has 0 saturated heterocycles. The van der Waals surface area contributed by atoms with Crippen molar-refractivity contribution in [3.8, 4) is 5.75 Å². The first-order valence-corrected chi connectivity index (χ1v) is 7.01. The van der Waals surface area contributed by atoms with Crippen molar-refractivity contribution >= 4 is 5.91 Å². The molecule has 3 heteroatoms. The second-order valence-corrected chi connectivity index (χ2v) is 5.92. The Kier molecular flexibility index (Phi) is 3.83. The predicted molar refractivity (Wildman–Crippen MR) is 75.9 cm³/mol. The van der Waals surface area contributed by atoms with E-state index in [4.69, 9.17) is 0 Å². The van der Waals surface area contributed by atoms with Crippen molar-refractivity contribution in [2.75, 3.05) is 7.05 Å². The molecule has 0 spiro atoms. The smallest absolute Gasteiger partial charge is 0.228 e. The molecule has 1 fully saturated rings. The number of rotatable bonds is 3. The van der Waals surface area contributed by atoms with Gasteiger partial charge in [-0.3, -0.25) is 4.79 Å². The van der Waals surface area contributed by atoms with Gasteiger partial charge in [0.2, 0.25) is 5.91 Å². The standard InChI is InChI=1S/C16H23NO2/c1-12(13-8-4-5-9-14(13)18)17(3)15(19)16(2)10-6-7-11-16/h4-5,8-9,12,18H,6-7,10-11H2,1-3H3. The van der Waals surface area contributed by atoms with Gasteiger partial charge in [-0.2, -0.15) is 0 Å². The molecule has 1 aliphatic carbocycles. The average Bonchev–Trinajstić information content (AvgIpc) is 2.85. The summed E-state index contributed by atoms with van der Waals surface area (Å²) in [6.45, 7) is 4.03. The molecule has 0 heterocycles. The molecule has 0 aromatic heterocycles. The van der Waals surface area contributed by atoms with Gasteiger partial charge in [-0.15, -0.1) is 0 Å². The summed E-state index contributed by atoms with van der Waals surface area (Å²) in [7, 11) is 1.84. The molecule has 2 rings (SSSR count). The predicted octanol–water partition coefficient (Wildman–Crippen LogP) is 3.49. The highest BCUT2D eigenvalue weighted by Crippen LogP contribution is 2.40. The van der Waals surface area contributed by atoms with Gasteiger partial charge in [0.15, 0.2) is 0 Å². The zero-order chi connectivity index (χ0) is 14.0. The zero-order valence-electron chi connectivity index (χ0n) is 12.0. The van der Waals surface area contributed by atoms with Crippen LogP contribution in [0.15, 0.2) is 24.3 Å². The highest BCUT2D eigenvalue weighted by atomic mass is 16.3. The number of para-hydroxylation sites is 1. The fourth-order valence-corrected chi connectivity index (χ4v) is 3.02. The molecular formula is C16H23NO2. The lowest BCUT2D eigenvalue weighted by Crippen LogP contribution is -2.40. The van der Waals surface area contributed by atoms with Crippen LogP contribution < -0.4 is 0 Å². The van der Waals surface area contributed by atoms with Crippen molar-refractivity contribution in [2.45, 2.75) is 45.6 Å². The third-order valence-corrected chi connectivity index (χ3v) is 4.51. The van der Waals surface area contributed by atoms with Crippen LogP contribution in [0.1, 0.15) is 51.1 Å². The maximum Gasteiger partial charge on any atom is 0.228 e. The largest absolute Gasteiger partial charge is 0.508 e. The molecule has 0 radical (unpaired) electrons. The van der Waals surface area contributed by atoms with E-state index in [0.717, 1.165) is 31.2 Å². The summed E-state index contributed by atoms with van der Waals surface area (Å²) in [6, 6.07) is 7.13. The summed E-state index contributed by atoms with van der Waals surface area (Å²) >= 11 is 0.